The Balaban J connectivity index is 1.73. The summed E-state index contributed by atoms with van der Waals surface area (Å²) < 4.78 is 0. The van der Waals surface area contributed by atoms with Gasteiger partial charge in [0.2, 0.25) is 5.91 Å². The summed E-state index contributed by atoms with van der Waals surface area (Å²) >= 11 is 5.88. The Morgan fingerprint density at radius 3 is 2.43 bits per heavy atom. The summed E-state index contributed by atoms with van der Waals surface area (Å²) in [6.07, 6.45) is 7.33. The number of hydrogen-bond acceptors (Lipinski definition) is 2. The third kappa shape index (κ3) is 5.68. The van der Waals surface area contributed by atoms with Crippen LogP contribution >= 0.6 is 11.6 Å². The quantitative estimate of drug-likeness (QED) is 0.812. The second kappa shape index (κ2) is 8.40. The van der Waals surface area contributed by atoms with E-state index < -0.39 is 0 Å². The predicted molar refractivity (Wildman–Crippen MR) is 87.5 cm³/mol. The van der Waals surface area contributed by atoms with Crippen molar-refractivity contribution in [1.82, 2.24) is 10.6 Å². The molecule has 1 unspecified atom stereocenters. The van der Waals surface area contributed by atoms with Crippen LogP contribution in [0.25, 0.3) is 0 Å². The summed E-state index contributed by atoms with van der Waals surface area (Å²) in [5.41, 5.74) is 1.14. The van der Waals surface area contributed by atoms with Crippen LogP contribution in [0.1, 0.15) is 57.1 Å². The number of rotatable bonds is 5. The Kier molecular flexibility index (Phi) is 6.52. The van der Waals surface area contributed by atoms with E-state index in [0.29, 0.717) is 12.6 Å². The zero-order valence-corrected chi connectivity index (χ0v) is 13.5. The van der Waals surface area contributed by atoms with Gasteiger partial charge in [-0.2, -0.15) is 0 Å². The molecule has 4 heteroatoms. The number of carbonyl (C=O) groups excluding carboxylic acids is 1. The van der Waals surface area contributed by atoms with E-state index in [0.717, 1.165) is 23.4 Å². The molecule has 0 bridgehead atoms. The first-order valence-corrected chi connectivity index (χ1v) is 8.31. The Hall–Kier alpha value is -1.06. The number of amides is 1. The molecule has 1 saturated carbocycles. The molecule has 0 saturated heterocycles. The van der Waals surface area contributed by atoms with Crippen LogP contribution in [0.3, 0.4) is 0 Å². The second-order valence-corrected chi connectivity index (χ2v) is 6.35. The van der Waals surface area contributed by atoms with Crippen LogP contribution in [-0.4, -0.2) is 18.5 Å². The summed E-state index contributed by atoms with van der Waals surface area (Å²) in [4.78, 5) is 12.0. The third-order valence-electron chi connectivity index (χ3n) is 4.16. The van der Waals surface area contributed by atoms with E-state index in [1.54, 1.807) is 0 Å². The van der Waals surface area contributed by atoms with Gasteiger partial charge in [0.1, 0.15) is 0 Å². The Morgan fingerprint density at radius 1 is 1.19 bits per heavy atom. The summed E-state index contributed by atoms with van der Waals surface area (Å²) in [6, 6.07) is 8.24. The summed E-state index contributed by atoms with van der Waals surface area (Å²) in [5.74, 6) is 0.0997. The lowest BCUT2D eigenvalue weighted by Gasteiger charge is -2.18. The predicted octanol–water partition coefficient (Wildman–Crippen LogP) is 3.83. The zero-order valence-electron chi connectivity index (χ0n) is 12.7. The number of hydrogen-bond donors (Lipinski definition) is 2. The van der Waals surface area contributed by atoms with Crippen molar-refractivity contribution in [2.24, 2.45) is 0 Å². The maximum absolute atomic E-state index is 12.0. The Morgan fingerprint density at radius 2 is 1.81 bits per heavy atom. The highest BCUT2D eigenvalue weighted by Crippen LogP contribution is 2.17. The number of halogens is 1. The number of carbonyl (C=O) groups is 1. The molecule has 1 aliphatic carbocycles. The van der Waals surface area contributed by atoms with E-state index in [-0.39, 0.29) is 11.9 Å². The van der Waals surface area contributed by atoms with Crippen molar-refractivity contribution in [3.8, 4) is 0 Å². The standard InChI is InChI=1S/C17H25ClN2O/c1-13(14-8-10-15(18)11-9-14)19-12-17(21)20-16-6-4-2-3-5-7-16/h8-11,13,16,19H,2-7,12H2,1H3,(H,20,21). The summed E-state index contributed by atoms with van der Waals surface area (Å²) in [5, 5.41) is 7.15. The molecule has 1 aliphatic rings. The molecule has 0 aliphatic heterocycles. The van der Waals surface area contributed by atoms with Crippen molar-refractivity contribution in [2.75, 3.05) is 6.54 Å². The fourth-order valence-electron chi connectivity index (χ4n) is 2.82. The molecule has 116 valence electrons. The zero-order chi connectivity index (χ0) is 15.1. The molecule has 0 heterocycles. The van der Waals surface area contributed by atoms with Crippen molar-refractivity contribution in [1.29, 1.82) is 0 Å². The molecule has 0 aromatic heterocycles. The maximum Gasteiger partial charge on any atom is 0.234 e. The van der Waals surface area contributed by atoms with Gasteiger partial charge in [0.05, 0.1) is 6.54 Å². The van der Waals surface area contributed by atoms with Gasteiger partial charge in [-0.25, -0.2) is 0 Å². The lowest BCUT2D eigenvalue weighted by atomic mass is 10.1. The fourth-order valence-corrected chi connectivity index (χ4v) is 2.94. The molecule has 1 aromatic rings. The lowest BCUT2D eigenvalue weighted by molar-refractivity contribution is -0.121. The minimum absolute atomic E-state index is 0.0997. The minimum atomic E-state index is 0.0997. The molecule has 0 spiro atoms. The molecule has 2 N–H and O–H groups in total. The van der Waals surface area contributed by atoms with Gasteiger partial charge in [-0.15, -0.1) is 0 Å². The van der Waals surface area contributed by atoms with Gasteiger partial charge < -0.3 is 10.6 Å². The SMILES string of the molecule is CC(NCC(=O)NC1CCCCCC1)c1ccc(Cl)cc1. The average Bonchev–Trinajstić information content (AvgIpc) is 2.74. The van der Waals surface area contributed by atoms with Crippen molar-refractivity contribution < 1.29 is 4.79 Å². The highest BCUT2D eigenvalue weighted by Gasteiger charge is 2.15. The first-order chi connectivity index (χ1) is 10.1. The highest BCUT2D eigenvalue weighted by atomic mass is 35.5. The fraction of sp³-hybridized carbons (Fsp3) is 0.588. The van der Waals surface area contributed by atoms with Crippen LogP contribution < -0.4 is 10.6 Å². The molecular weight excluding hydrogens is 284 g/mol. The van der Waals surface area contributed by atoms with E-state index in [9.17, 15) is 4.79 Å². The van der Waals surface area contributed by atoms with Gasteiger partial charge in [-0.3, -0.25) is 4.79 Å². The maximum atomic E-state index is 12.0. The van der Waals surface area contributed by atoms with Crippen LogP contribution in [0.15, 0.2) is 24.3 Å². The van der Waals surface area contributed by atoms with E-state index in [1.807, 2.05) is 24.3 Å². The van der Waals surface area contributed by atoms with Crippen molar-refractivity contribution in [3.63, 3.8) is 0 Å². The van der Waals surface area contributed by atoms with Gasteiger partial charge in [-0.05, 0) is 37.5 Å². The first-order valence-electron chi connectivity index (χ1n) is 7.93. The molecule has 1 atom stereocenters. The molecule has 0 radical (unpaired) electrons. The van der Waals surface area contributed by atoms with Crippen LogP contribution in [-0.2, 0) is 4.79 Å². The van der Waals surface area contributed by atoms with Crippen molar-refractivity contribution >= 4 is 17.5 Å². The third-order valence-corrected chi connectivity index (χ3v) is 4.41. The van der Waals surface area contributed by atoms with E-state index in [4.69, 9.17) is 11.6 Å². The first kappa shape index (κ1) is 16.3. The smallest absolute Gasteiger partial charge is 0.234 e. The summed E-state index contributed by atoms with van der Waals surface area (Å²) in [6.45, 7) is 2.42. The van der Waals surface area contributed by atoms with Gasteiger partial charge in [0.15, 0.2) is 0 Å². The number of nitrogens with one attached hydrogen (secondary N) is 2. The van der Waals surface area contributed by atoms with Crippen molar-refractivity contribution in [2.45, 2.75) is 57.5 Å². The molecule has 3 nitrogen and oxygen atoms in total. The Bertz CT molecular complexity index is 439. The second-order valence-electron chi connectivity index (χ2n) is 5.91. The number of benzene rings is 1. The van der Waals surface area contributed by atoms with Crippen LogP contribution in [0.5, 0.6) is 0 Å². The minimum Gasteiger partial charge on any atom is -0.352 e. The van der Waals surface area contributed by atoms with E-state index >= 15 is 0 Å². The van der Waals surface area contributed by atoms with Gasteiger partial charge in [-0.1, -0.05) is 49.4 Å². The molecule has 1 aromatic carbocycles. The van der Waals surface area contributed by atoms with Crippen LogP contribution in [0.2, 0.25) is 5.02 Å². The van der Waals surface area contributed by atoms with Gasteiger partial charge in [0, 0.05) is 17.1 Å². The summed E-state index contributed by atoms with van der Waals surface area (Å²) in [7, 11) is 0. The molecule has 1 fully saturated rings. The van der Waals surface area contributed by atoms with Crippen molar-refractivity contribution in [3.05, 3.63) is 34.9 Å². The molecular formula is C17H25ClN2O. The Labute approximate surface area is 132 Å². The molecule has 2 rings (SSSR count). The largest absolute Gasteiger partial charge is 0.352 e. The topological polar surface area (TPSA) is 41.1 Å². The van der Waals surface area contributed by atoms with E-state index in [1.165, 1.54) is 25.7 Å². The highest BCUT2D eigenvalue weighted by molar-refractivity contribution is 6.30. The molecule has 21 heavy (non-hydrogen) atoms. The monoisotopic (exact) mass is 308 g/mol. The van der Waals surface area contributed by atoms with Crippen LogP contribution in [0.4, 0.5) is 0 Å². The lowest BCUT2D eigenvalue weighted by Crippen LogP contribution is -2.40. The van der Waals surface area contributed by atoms with Gasteiger partial charge in [0.25, 0.3) is 0 Å². The van der Waals surface area contributed by atoms with E-state index in [2.05, 4.69) is 17.6 Å². The van der Waals surface area contributed by atoms with Crippen LogP contribution in [0, 0.1) is 0 Å². The molecule has 1 amide bonds. The normalized spacial score (nSPS) is 18.0. The van der Waals surface area contributed by atoms with Gasteiger partial charge >= 0.3 is 0 Å². The average molecular weight is 309 g/mol.